The number of halogens is 1. The monoisotopic (exact) mass is 133 g/mol. The Morgan fingerprint density at radius 3 is 2.44 bits per heavy atom. The summed E-state index contributed by atoms with van der Waals surface area (Å²) in [5.74, 6) is 0. The van der Waals surface area contributed by atoms with Gasteiger partial charge in [-0.25, -0.2) is 4.39 Å². The van der Waals surface area contributed by atoms with E-state index in [9.17, 15) is 4.39 Å². The van der Waals surface area contributed by atoms with Crippen LogP contribution in [0.2, 0.25) is 0 Å². The molecule has 0 heterocycles. The van der Waals surface area contributed by atoms with E-state index >= 15 is 0 Å². The van der Waals surface area contributed by atoms with Crippen LogP contribution < -0.4 is 5.32 Å². The van der Waals surface area contributed by atoms with E-state index in [1.165, 1.54) is 0 Å². The molecule has 0 aliphatic rings. The molecule has 1 N–H and O–H groups in total. The molecular formula is C7H16FN. The third-order valence-electron chi connectivity index (χ3n) is 1.36. The molecule has 2 heteroatoms. The molecule has 0 aromatic rings. The molecule has 0 saturated carbocycles. The lowest BCUT2D eigenvalue weighted by molar-refractivity contribution is 0.367. The summed E-state index contributed by atoms with van der Waals surface area (Å²) >= 11 is 0. The number of hydrogen-bond acceptors (Lipinski definition) is 1. The van der Waals surface area contributed by atoms with Gasteiger partial charge in [0.05, 0.1) is 0 Å². The zero-order valence-electron chi connectivity index (χ0n) is 6.28. The van der Waals surface area contributed by atoms with Gasteiger partial charge in [0.25, 0.3) is 0 Å². The molecule has 0 aliphatic carbocycles. The Labute approximate surface area is 56.6 Å². The maximum absolute atomic E-state index is 11.9. The van der Waals surface area contributed by atoms with Gasteiger partial charge in [-0.15, -0.1) is 0 Å². The normalized spacial score (nSPS) is 13.7. The van der Waals surface area contributed by atoms with Crippen molar-refractivity contribution in [2.45, 2.75) is 32.7 Å². The van der Waals surface area contributed by atoms with Crippen LogP contribution in [0.3, 0.4) is 0 Å². The second-order valence-corrected chi connectivity index (χ2v) is 2.21. The first kappa shape index (κ1) is 8.89. The van der Waals surface area contributed by atoms with Crippen LogP contribution in [0.15, 0.2) is 0 Å². The Hall–Kier alpha value is -0.110. The maximum atomic E-state index is 11.9. The standard InChI is InChI=1S/C7H16FN/c1-3-5-9-7(4-2)6-8/h7,9H,3-6H2,1-2H3. The average Bonchev–Trinajstić information content (AvgIpc) is 1.91. The molecule has 0 spiro atoms. The molecule has 0 fully saturated rings. The van der Waals surface area contributed by atoms with Crippen molar-refractivity contribution in [1.82, 2.24) is 5.32 Å². The first-order valence-corrected chi connectivity index (χ1v) is 3.64. The van der Waals surface area contributed by atoms with E-state index in [1.807, 2.05) is 6.92 Å². The first-order valence-electron chi connectivity index (χ1n) is 3.64. The van der Waals surface area contributed by atoms with Crippen LogP contribution in [0.1, 0.15) is 26.7 Å². The third kappa shape index (κ3) is 4.40. The van der Waals surface area contributed by atoms with Gasteiger partial charge in [-0.3, -0.25) is 0 Å². The highest BCUT2D eigenvalue weighted by Gasteiger charge is 2.00. The SMILES string of the molecule is CCCNC(CC)CF. The second-order valence-electron chi connectivity index (χ2n) is 2.21. The Morgan fingerprint density at radius 2 is 2.11 bits per heavy atom. The van der Waals surface area contributed by atoms with Crippen molar-refractivity contribution in [2.24, 2.45) is 0 Å². The number of alkyl halides is 1. The van der Waals surface area contributed by atoms with Crippen molar-refractivity contribution in [2.75, 3.05) is 13.2 Å². The van der Waals surface area contributed by atoms with Gasteiger partial charge < -0.3 is 5.32 Å². The minimum absolute atomic E-state index is 0.0879. The fourth-order valence-electron chi connectivity index (χ4n) is 0.656. The van der Waals surface area contributed by atoms with Crippen molar-refractivity contribution >= 4 is 0 Å². The summed E-state index contributed by atoms with van der Waals surface area (Å²) in [6.07, 6.45) is 1.97. The van der Waals surface area contributed by atoms with Crippen LogP contribution in [0, 0.1) is 0 Å². The molecule has 0 aromatic carbocycles. The Bertz CT molecular complexity index is 52.9. The molecule has 0 saturated heterocycles. The van der Waals surface area contributed by atoms with Gasteiger partial charge in [0.15, 0.2) is 0 Å². The first-order chi connectivity index (χ1) is 4.35. The van der Waals surface area contributed by atoms with Gasteiger partial charge in [-0.1, -0.05) is 13.8 Å². The lowest BCUT2D eigenvalue weighted by Gasteiger charge is -2.10. The highest BCUT2D eigenvalue weighted by molar-refractivity contribution is 4.61. The van der Waals surface area contributed by atoms with Gasteiger partial charge in [-0.2, -0.15) is 0 Å². The fourth-order valence-corrected chi connectivity index (χ4v) is 0.656. The summed E-state index contributed by atoms with van der Waals surface area (Å²) in [6.45, 7) is 4.77. The molecule has 1 unspecified atom stereocenters. The molecule has 9 heavy (non-hydrogen) atoms. The highest BCUT2D eigenvalue weighted by atomic mass is 19.1. The maximum Gasteiger partial charge on any atom is 0.105 e. The fraction of sp³-hybridized carbons (Fsp3) is 1.00. The predicted octanol–water partition coefficient (Wildman–Crippen LogP) is 1.73. The van der Waals surface area contributed by atoms with Gasteiger partial charge in [0.2, 0.25) is 0 Å². The minimum atomic E-state index is -0.240. The number of rotatable bonds is 5. The molecule has 0 bridgehead atoms. The number of nitrogens with one attached hydrogen (secondary N) is 1. The summed E-state index contributed by atoms with van der Waals surface area (Å²) in [5.41, 5.74) is 0. The van der Waals surface area contributed by atoms with E-state index in [2.05, 4.69) is 12.2 Å². The van der Waals surface area contributed by atoms with Gasteiger partial charge in [0.1, 0.15) is 6.67 Å². The molecule has 0 radical (unpaired) electrons. The van der Waals surface area contributed by atoms with Crippen molar-refractivity contribution in [3.63, 3.8) is 0 Å². The Morgan fingerprint density at radius 1 is 1.44 bits per heavy atom. The molecule has 56 valence electrons. The van der Waals surface area contributed by atoms with Crippen LogP contribution in [0.5, 0.6) is 0 Å². The predicted molar refractivity (Wildman–Crippen MR) is 38.3 cm³/mol. The Kier molecular flexibility index (Phi) is 5.94. The van der Waals surface area contributed by atoms with Crippen LogP contribution in [-0.2, 0) is 0 Å². The summed E-state index contributed by atoms with van der Waals surface area (Å²) in [4.78, 5) is 0. The van der Waals surface area contributed by atoms with Crippen molar-refractivity contribution in [3.8, 4) is 0 Å². The lowest BCUT2D eigenvalue weighted by Crippen LogP contribution is -2.30. The van der Waals surface area contributed by atoms with E-state index in [4.69, 9.17) is 0 Å². The molecule has 0 aliphatic heterocycles. The highest BCUT2D eigenvalue weighted by Crippen LogP contribution is 1.90. The zero-order chi connectivity index (χ0) is 7.11. The van der Waals surface area contributed by atoms with Gasteiger partial charge >= 0.3 is 0 Å². The molecule has 0 aromatic heterocycles. The van der Waals surface area contributed by atoms with E-state index in [0.717, 1.165) is 19.4 Å². The smallest absolute Gasteiger partial charge is 0.105 e. The molecule has 0 amide bonds. The summed E-state index contributed by atoms with van der Waals surface area (Å²) in [6, 6.07) is 0.0879. The number of hydrogen-bond donors (Lipinski definition) is 1. The van der Waals surface area contributed by atoms with Crippen LogP contribution >= 0.6 is 0 Å². The van der Waals surface area contributed by atoms with E-state index in [0.29, 0.717) is 0 Å². The van der Waals surface area contributed by atoms with Crippen molar-refractivity contribution < 1.29 is 4.39 Å². The summed E-state index contributed by atoms with van der Waals surface area (Å²) in [7, 11) is 0. The van der Waals surface area contributed by atoms with Crippen LogP contribution in [0.4, 0.5) is 4.39 Å². The van der Waals surface area contributed by atoms with Crippen molar-refractivity contribution in [1.29, 1.82) is 0 Å². The average molecular weight is 133 g/mol. The molecule has 0 rings (SSSR count). The summed E-state index contributed by atoms with van der Waals surface area (Å²) < 4.78 is 11.9. The van der Waals surface area contributed by atoms with E-state index in [1.54, 1.807) is 0 Å². The van der Waals surface area contributed by atoms with Crippen LogP contribution in [-0.4, -0.2) is 19.3 Å². The topological polar surface area (TPSA) is 12.0 Å². The Balaban J connectivity index is 3.09. The zero-order valence-corrected chi connectivity index (χ0v) is 6.28. The van der Waals surface area contributed by atoms with Crippen molar-refractivity contribution in [3.05, 3.63) is 0 Å². The molecule has 1 atom stereocenters. The largest absolute Gasteiger partial charge is 0.311 e. The van der Waals surface area contributed by atoms with Crippen LogP contribution in [0.25, 0.3) is 0 Å². The van der Waals surface area contributed by atoms with Gasteiger partial charge in [-0.05, 0) is 19.4 Å². The summed E-state index contributed by atoms with van der Waals surface area (Å²) in [5, 5.41) is 3.09. The third-order valence-corrected chi connectivity index (χ3v) is 1.36. The minimum Gasteiger partial charge on any atom is -0.311 e. The lowest BCUT2D eigenvalue weighted by atomic mass is 10.2. The van der Waals surface area contributed by atoms with E-state index in [-0.39, 0.29) is 12.7 Å². The van der Waals surface area contributed by atoms with Gasteiger partial charge in [0, 0.05) is 6.04 Å². The van der Waals surface area contributed by atoms with E-state index < -0.39 is 0 Å². The quantitative estimate of drug-likeness (QED) is 0.602. The molecular weight excluding hydrogens is 117 g/mol. The second kappa shape index (κ2) is 6.02. The molecule has 1 nitrogen and oxygen atoms in total.